The monoisotopic (exact) mass is 586 g/mol. The summed E-state index contributed by atoms with van der Waals surface area (Å²) < 4.78 is 0. The van der Waals surface area contributed by atoms with E-state index in [0.29, 0.717) is 11.3 Å². The molecular weight excluding hydrogens is 564 g/mol. The molecule has 8 rings (SSSR count). The largest absolute Gasteiger partial charge is 0.276 e. The number of nitriles is 1. The lowest BCUT2D eigenvalue weighted by Gasteiger charge is -2.16. The fourth-order valence-corrected chi connectivity index (χ4v) is 6.14. The predicted molar refractivity (Wildman–Crippen MR) is 183 cm³/mol. The van der Waals surface area contributed by atoms with Gasteiger partial charge in [0.15, 0.2) is 0 Å². The Morgan fingerprint density at radius 2 is 1.00 bits per heavy atom. The summed E-state index contributed by atoms with van der Waals surface area (Å²) in [7, 11) is 0. The molecule has 212 valence electrons. The van der Waals surface area contributed by atoms with Gasteiger partial charge in [0.1, 0.15) is 6.07 Å². The first kappa shape index (κ1) is 26.8. The van der Waals surface area contributed by atoms with Gasteiger partial charge in [0, 0.05) is 47.0 Å². The van der Waals surface area contributed by atoms with Crippen LogP contribution in [0.3, 0.4) is 0 Å². The van der Waals surface area contributed by atoms with E-state index in [1.165, 1.54) is 0 Å². The maximum absolute atomic E-state index is 9.40. The second kappa shape index (κ2) is 11.1. The lowest BCUT2D eigenvalue weighted by molar-refractivity contribution is 1.27. The Kier molecular flexibility index (Phi) is 6.45. The minimum absolute atomic E-state index is 0.482. The quantitative estimate of drug-likeness (QED) is 0.151. The zero-order valence-corrected chi connectivity index (χ0v) is 24.4. The van der Waals surface area contributed by atoms with E-state index in [4.69, 9.17) is 16.5 Å². The molecule has 0 unspecified atom stereocenters. The number of rotatable bonds is 4. The molecule has 6 nitrogen and oxygen atoms in total. The van der Waals surface area contributed by atoms with Crippen LogP contribution < -0.4 is 0 Å². The molecule has 0 fully saturated rings. The third-order valence-corrected chi connectivity index (χ3v) is 8.24. The van der Waals surface area contributed by atoms with Crippen LogP contribution in [0.2, 0.25) is 0 Å². The summed E-state index contributed by atoms with van der Waals surface area (Å²) in [6, 6.07) is 39.1. The van der Waals surface area contributed by atoms with Gasteiger partial charge in [0.25, 0.3) is 0 Å². The van der Waals surface area contributed by atoms with Crippen LogP contribution in [-0.4, -0.2) is 19.9 Å². The Morgan fingerprint density at radius 3 is 1.54 bits per heavy atom. The molecule has 8 aromatic rings. The van der Waals surface area contributed by atoms with Gasteiger partial charge < -0.3 is 0 Å². The summed E-state index contributed by atoms with van der Waals surface area (Å²) in [5.74, 6) is 0. The van der Waals surface area contributed by atoms with E-state index in [1.807, 2.05) is 48.5 Å². The predicted octanol–water partition coefficient (Wildman–Crippen LogP) is 9.82. The molecule has 46 heavy (non-hydrogen) atoms. The lowest BCUT2D eigenvalue weighted by Crippen LogP contribution is -1.93. The van der Waals surface area contributed by atoms with Crippen molar-refractivity contribution in [2.75, 3.05) is 0 Å². The molecule has 0 saturated heterocycles. The van der Waals surface area contributed by atoms with Crippen molar-refractivity contribution in [1.82, 2.24) is 19.9 Å². The topological polar surface area (TPSA) is 79.7 Å². The molecule has 0 N–H and O–H groups in total. The van der Waals surface area contributed by atoms with E-state index in [2.05, 4.69) is 81.5 Å². The van der Waals surface area contributed by atoms with Gasteiger partial charge in [-0.05, 0) is 80.8 Å². The third kappa shape index (κ3) is 4.59. The molecule has 0 aliphatic carbocycles. The van der Waals surface area contributed by atoms with Crippen molar-refractivity contribution in [3.8, 4) is 51.1 Å². The van der Waals surface area contributed by atoms with Crippen LogP contribution in [0.25, 0.3) is 82.2 Å². The standard InChI is InChI=1S/C40H22N6/c1-42-28-17-27(23-44-24-28)38-13-7-15-40(46-38)36-19-34-29-8-2-4-10-31(29)35(18-33(34)30-9-3-5-11-32(30)36)39-14-6-12-37(45-39)26-16-25(20-41)21-43-22-26/h2-19,21-24H. The Hall–Kier alpha value is -6.76. The number of hydrogen-bond donors (Lipinski definition) is 0. The van der Waals surface area contributed by atoms with Crippen LogP contribution in [0.5, 0.6) is 0 Å². The molecule has 0 amide bonds. The van der Waals surface area contributed by atoms with Crippen molar-refractivity contribution in [3.05, 3.63) is 151 Å². The summed E-state index contributed by atoms with van der Waals surface area (Å²) in [5.41, 5.74) is 7.85. The van der Waals surface area contributed by atoms with Crippen molar-refractivity contribution in [3.63, 3.8) is 0 Å². The highest BCUT2D eigenvalue weighted by atomic mass is 14.8. The number of fused-ring (bicyclic) bond motifs is 5. The minimum atomic E-state index is 0.482. The number of aromatic nitrogens is 4. The Labute approximate surface area is 264 Å². The molecule has 0 aliphatic rings. The van der Waals surface area contributed by atoms with Crippen LogP contribution in [0.15, 0.2) is 134 Å². The van der Waals surface area contributed by atoms with E-state index in [-0.39, 0.29) is 0 Å². The van der Waals surface area contributed by atoms with Crippen LogP contribution >= 0.6 is 0 Å². The molecule has 0 atom stereocenters. The summed E-state index contributed by atoms with van der Waals surface area (Å²) in [6.07, 6.45) is 6.60. The first-order chi connectivity index (χ1) is 22.7. The summed E-state index contributed by atoms with van der Waals surface area (Å²) >= 11 is 0. The molecule has 6 heteroatoms. The minimum Gasteiger partial charge on any atom is -0.276 e. The van der Waals surface area contributed by atoms with Crippen LogP contribution in [0.1, 0.15) is 5.56 Å². The van der Waals surface area contributed by atoms with Gasteiger partial charge in [-0.3, -0.25) is 9.97 Å². The molecule has 0 saturated carbocycles. The van der Waals surface area contributed by atoms with Crippen molar-refractivity contribution < 1.29 is 0 Å². The maximum Gasteiger partial charge on any atom is 0.205 e. The zero-order valence-electron chi connectivity index (χ0n) is 24.4. The van der Waals surface area contributed by atoms with Crippen LogP contribution in [-0.2, 0) is 0 Å². The average Bonchev–Trinajstić information content (AvgIpc) is 3.14. The Balaban J connectivity index is 1.36. The van der Waals surface area contributed by atoms with Gasteiger partial charge in [-0.2, -0.15) is 5.26 Å². The number of hydrogen-bond acceptors (Lipinski definition) is 5. The van der Waals surface area contributed by atoms with E-state index in [1.54, 1.807) is 24.8 Å². The molecule has 4 aromatic carbocycles. The second-order valence-electron chi connectivity index (χ2n) is 11.0. The normalized spacial score (nSPS) is 11.0. The highest BCUT2D eigenvalue weighted by molar-refractivity contribution is 6.23. The second-order valence-corrected chi connectivity index (χ2v) is 11.0. The number of nitrogens with zero attached hydrogens (tertiary/aromatic N) is 6. The molecule has 0 bridgehead atoms. The fourth-order valence-electron chi connectivity index (χ4n) is 6.14. The van der Waals surface area contributed by atoms with Gasteiger partial charge in [-0.25, -0.2) is 14.8 Å². The molecule has 4 aromatic heterocycles. The SMILES string of the molecule is [C-]#[N+]c1cncc(-c2cccc(-c3cc4c5ccccc5c(-c5cccc(-c6cncc(C#N)c6)n5)cc4c4ccccc34)n2)c1. The average molecular weight is 587 g/mol. The molecule has 0 aliphatic heterocycles. The summed E-state index contributed by atoms with van der Waals surface area (Å²) in [5, 5.41) is 16.1. The van der Waals surface area contributed by atoms with Crippen LogP contribution in [0.4, 0.5) is 5.69 Å². The maximum atomic E-state index is 9.40. The lowest BCUT2D eigenvalue weighted by atomic mass is 9.89. The highest BCUT2D eigenvalue weighted by Gasteiger charge is 2.16. The van der Waals surface area contributed by atoms with E-state index < -0.39 is 0 Å². The summed E-state index contributed by atoms with van der Waals surface area (Å²) in [4.78, 5) is 22.1. The van der Waals surface area contributed by atoms with Gasteiger partial charge in [0.2, 0.25) is 5.69 Å². The van der Waals surface area contributed by atoms with Gasteiger partial charge in [-0.15, -0.1) is 0 Å². The van der Waals surface area contributed by atoms with Gasteiger partial charge in [0.05, 0.1) is 34.9 Å². The van der Waals surface area contributed by atoms with Crippen molar-refractivity contribution in [2.24, 2.45) is 0 Å². The molecule has 0 radical (unpaired) electrons. The molecule has 0 spiro atoms. The first-order valence-electron chi connectivity index (χ1n) is 14.7. The van der Waals surface area contributed by atoms with Gasteiger partial charge in [-0.1, -0.05) is 60.7 Å². The van der Waals surface area contributed by atoms with E-state index >= 15 is 0 Å². The molecular formula is C40H22N6. The Morgan fingerprint density at radius 1 is 0.500 bits per heavy atom. The Bertz CT molecular complexity index is 2390. The number of pyridine rings is 4. The van der Waals surface area contributed by atoms with Crippen molar-refractivity contribution >= 4 is 38.0 Å². The van der Waals surface area contributed by atoms with Gasteiger partial charge >= 0.3 is 0 Å². The van der Waals surface area contributed by atoms with E-state index in [9.17, 15) is 5.26 Å². The smallest absolute Gasteiger partial charge is 0.205 e. The van der Waals surface area contributed by atoms with Crippen molar-refractivity contribution in [1.29, 1.82) is 5.26 Å². The highest BCUT2D eigenvalue weighted by Crippen LogP contribution is 2.41. The van der Waals surface area contributed by atoms with Crippen molar-refractivity contribution in [2.45, 2.75) is 0 Å². The summed E-state index contributed by atoms with van der Waals surface area (Å²) in [6.45, 7) is 7.40. The fraction of sp³-hybridized carbons (Fsp3) is 0. The van der Waals surface area contributed by atoms with Crippen LogP contribution in [0, 0.1) is 17.9 Å². The van der Waals surface area contributed by atoms with E-state index in [0.717, 1.165) is 77.3 Å². The first-order valence-corrected chi connectivity index (χ1v) is 14.7. The third-order valence-electron chi connectivity index (χ3n) is 8.24. The molecule has 4 heterocycles. The number of benzene rings is 4. The zero-order chi connectivity index (χ0) is 31.0.